The molecule has 0 N–H and O–H groups in total. The molecule has 0 aliphatic carbocycles. The Hall–Kier alpha value is -2.49. The van der Waals surface area contributed by atoms with E-state index in [-0.39, 0.29) is 6.09 Å². The number of benzene rings is 2. The molecule has 1 aliphatic heterocycles. The molecule has 4 nitrogen and oxygen atoms in total. The van der Waals surface area contributed by atoms with Gasteiger partial charge in [0.15, 0.2) is 0 Å². The van der Waals surface area contributed by atoms with Gasteiger partial charge in [0, 0.05) is 31.5 Å². The third-order valence-corrected chi connectivity index (χ3v) is 4.18. The van der Waals surface area contributed by atoms with Gasteiger partial charge in [-0.05, 0) is 55.7 Å². The fraction of sp³-hybridized carbons (Fsp3) is 0.316. The van der Waals surface area contributed by atoms with E-state index in [1.165, 1.54) is 29.8 Å². The van der Waals surface area contributed by atoms with Gasteiger partial charge in [-0.15, -0.1) is 0 Å². The normalized spacial score (nSPS) is 14.4. The lowest BCUT2D eigenvalue weighted by Crippen LogP contribution is -2.30. The standard InChI is InChI=1S/C19H22N2O2/c1-20(16-8-4-2-5-9-16)19(22)23-18-12-10-17(11-13-18)21-14-6-3-7-15-21/h2,4-5,8-13H,3,6-7,14-15H2,1H3. The number of hydrogen-bond acceptors (Lipinski definition) is 3. The molecule has 1 amide bonds. The van der Waals surface area contributed by atoms with Crippen LogP contribution in [0.1, 0.15) is 19.3 Å². The Balaban J connectivity index is 1.62. The summed E-state index contributed by atoms with van der Waals surface area (Å²) < 4.78 is 5.44. The molecule has 2 aromatic carbocycles. The van der Waals surface area contributed by atoms with Gasteiger partial charge in [-0.3, -0.25) is 4.90 Å². The molecule has 1 aliphatic rings. The van der Waals surface area contributed by atoms with Crippen LogP contribution >= 0.6 is 0 Å². The fourth-order valence-electron chi connectivity index (χ4n) is 2.80. The Labute approximate surface area is 137 Å². The van der Waals surface area contributed by atoms with Crippen molar-refractivity contribution < 1.29 is 9.53 Å². The number of nitrogens with zero attached hydrogens (tertiary/aromatic N) is 2. The Morgan fingerprint density at radius 1 is 0.957 bits per heavy atom. The molecule has 0 atom stereocenters. The average Bonchev–Trinajstić information content (AvgIpc) is 2.63. The molecule has 4 heteroatoms. The second-order valence-electron chi connectivity index (χ2n) is 5.80. The van der Waals surface area contributed by atoms with Crippen molar-refractivity contribution in [1.29, 1.82) is 0 Å². The maximum atomic E-state index is 12.2. The summed E-state index contributed by atoms with van der Waals surface area (Å²) in [5.41, 5.74) is 2.00. The second-order valence-corrected chi connectivity index (χ2v) is 5.80. The van der Waals surface area contributed by atoms with E-state index in [1.54, 1.807) is 7.05 Å². The van der Waals surface area contributed by atoms with Gasteiger partial charge in [-0.2, -0.15) is 0 Å². The number of piperidine rings is 1. The van der Waals surface area contributed by atoms with Crippen molar-refractivity contribution >= 4 is 17.5 Å². The molecule has 23 heavy (non-hydrogen) atoms. The summed E-state index contributed by atoms with van der Waals surface area (Å²) >= 11 is 0. The van der Waals surface area contributed by atoms with Gasteiger partial charge < -0.3 is 9.64 Å². The number of amides is 1. The fourth-order valence-corrected chi connectivity index (χ4v) is 2.80. The summed E-state index contributed by atoms with van der Waals surface area (Å²) in [7, 11) is 1.71. The number of anilines is 2. The summed E-state index contributed by atoms with van der Waals surface area (Å²) in [5, 5.41) is 0. The second kappa shape index (κ2) is 7.18. The molecular weight excluding hydrogens is 288 g/mol. The molecule has 0 radical (unpaired) electrons. The van der Waals surface area contributed by atoms with Gasteiger partial charge in [-0.1, -0.05) is 18.2 Å². The predicted molar refractivity (Wildman–Crippen MR) is 93.4 cm³/mol. The summed E-state index contributed by atoms with van der Waals surface area (Å²) in [6, 6.07) is 17.2. The van der Waals surface area contributed by atoms with Crippen molar-refractivity contribution in [3.8, 4) is 5.75 Å². The molecular formula is C19H22N2O2. The summed E-state index contributed by atoms with van der Waals surface area (Å²) in [4.78, 5) is 16.1. The van der Waals surface area contributed by atoms with Crippen molar-refractivity contribution in [3.63, 3.8) is 0 Å². The minimum atomic E-state index is -0.387. The maximum Gasteiger partial charge on any atom is 0.419 e. The van der Waals surface area contributed by atoms with Crippen molar-refractivity contribution in [2.24, 2.45) is 0 Å². The van der Waals surface area contributed by atoms with Crippen molar-refractivity contribution in [1.82, 2.24) is 0 Å². The third kappa shape index (κ3) is 3.83. The van der Waals surface area contributed by atoms with Crippen molar-refractivity contribution in [2.45, 2.75) is 19.3 Å². The molecule has 1 fully saturated rings. The summed E-state index contributed by atoms with van der Waals surface area (Å²) in [6.45, 7) is 2.21. The number of para-hydroxylation sites is 1. The van der Waals surface area contributed by atoms with Crippen LogP contribution in [0.3, 0.4) is 0 Å². The third-order valence-electron chi connectivity index (χ3n) is 4.18. The van der Waals surface area contributed by atoms with E-state index in [2.05, 4.69) is 4.90 Å². The summed E-state index contributed by atoms with van der Waals surface area (Å²) in [5.74, 6) is 0.568. The monoisotopic (exact) mass is 310 g/mol. The molecule has 3 rings (SSSR count). The predicted octanol–water partition coefficient (Wildman–Crippen LogP) is 4.31. The highest BCUT2D eigenvalue weighted by molar-refractivity contribution is 5.88. The zero-order valence-corrected chi connectivity index (χ0v) is 13.4. The lowest BCUT2D eigenvalue weighted by atomic mass is 10.1. The van der Waals surface area contributed by atoms with E-state index >= 15 is 0 Å². The maximum absolute atomic E-state index is 12.2. The average molecular weight is 310 g/mol. The van der Waals surface area contributed by atoms with Crippen molar-refractivity contribution in [2.75, 3.05) is 29.9 Å². The van der Waals surface area contributed by atoms with E-state index < -0.39 is 0 Å². The van der Waals surface area contributed by atoms with Gasteiger partial charge in [0.1, 0.15) is 5.75 Å². The smallest absolute Gasteiger partial charge is 0.410 e. The van der Waals surface area contributed by atoms with Gasteiger partial charge in [0.05, 0.1) is 0 Å². The Kier molecular flexibility index (Phi) is 4.81. The van der Waals surface area contributed by atoms with E-state index in [0.29, 0.717) is 5.75 Å². The highest BCUT2D eigenvalue weighted by Crippen LogP contribution is 2.23. The molecule has 1 heterocycles. The van der Waals surface area contributed by atoms with E-state index in [4.69, 9.17) is 4.74 Å². The number of carbonyl (C=O) groups excluding carboxylic acids is 1. The van der Waals surface area contributed by atoms with Gasteiger partial charge >= 0.3 is 6.09 Å². The topological polar surface area (TPSA) is 32.8 Å². The van der Waals surface area contributed by atoms with Gasteiger partial charge in [0.25, 0.3) is 0 Å². The number of hydrogen-bond donors (Lipinski definition) is 0. The van der Waals surface area contributed by atoms with Crippen molar-refractivity contribution in [3.05, 3.63) is 54.6 Å². The Bertz CT molecular complexity index is 634. The molecule has 0 spiro atoms. The quantitative estimate of drug-likeness (QED) is 0.847. The van der Waals surface area contributed by atoms with Crippen LogP contribution in [0.5, 0.6) is 5.75 Å². The van der Waals surface area contributed by atoms with E-state index in [9.17, 15) is 4.79 Å². The molecule has 0 unspecified atom stereocenters. The van der Waals surface area contributed by atoms with Crippen LogP contribution in [0.2, 0.25) is 0 Å². The largest absolute Gasteiger partial charge is 0.419 e. The minimum absolute atomic E-state index is 0.387. The molecule has 0 saturated carbocycles. The number of ether oxygens (including phenoxy) is 1. The zero-order valence-electron chi connectivity index (χ0n) is 13.4. The van der Waals surface area contributed by atoms with Crippen LogP contribution < -0.4 is 14.5 Å². The first kappa shape index (κ1) is 15.4. The van der Waals surface area contributed by atoms with Crippen LogP contribution in [0, 0.1) is 0 Å². The first-order chi connectivity index (χ1) is 11.2. The Morgan fingerprint density at radius 2 is 1.61 bits per heavy atom. The highest BCUT2D eigenvalue weighted by Gasteiger charge is 2.14. The molecule has 2 aromatic rings. The van der Waals surface area contributed by atoms with Crippen LogP contribution in [0.15, 0.2) is 54.6 Å². The highest BCUT2D eigenvalue weighted by atomic mass is 16.6. The summed E-state index contributed by atoms with van der Waals surface area (Å²) in [6.07, 6.45) is 3.43. The first-order valence-corrected chi connectivity index (χ1v) is 8.09. The molecule has 0 bridgehead atoms. The zero-order chi connectivity index (χ0) is 16.1. The van der Waals surface area contributed by atoms with Crippen LogP contribution in [0.25, 0.3) is 0 Å². The Morgan fingerprint density at radius 3 is 2.26 bits per heavy atom. The number of carbonyl (C=O) groups is 1. The molecule has 0 aromatic heterocycles. The lowest BCUT2D eigenvalue weighted by Gasteiger charge is -2.28. The van der Waals surface area contributed by atoms with E-state index in [1.807, 2.05) is 54.6 Å². The van der Waals surface area contributed by atoms with Gasteiger partial charge in [-0.25, -0.2) is 4.79 Å². The van der Waals surface area contributed by atoms with Crippen LogP contribution in [-0.4, -0.2) is 26.2 Å². The van der Waals surface area contributed by atoms with Gasteiger partial charge in [0.2, 0.25) is 0 Å². The molecule has 120 valence electrons. The number of rotatable bonds is 3. The SMILES string of the molecule is CN(C(=O)Oc1ccc(N2CCCCC2)cc1)c1ccccc1. The van der Waals surface area contributed by atoms with Crippen LogP contribution in [-0.2, 0) is 0 Å². The lowest BCUT2D eigenvalue weighted by molar-refractivity contribution is 0.209. The minimum Gasteiger partial charge on any atom is -0.410 e. The first-order valence-electron chi connectivity index (χ1n) is 8.09. The van der Waals surface area contributed by atoms with Crippen LogP contribution in [0.4, 0.5) is 16.2 Å². The molecule has 1 saturated heterocycles. The van der Waals surface area contributed by atoms with E-state index in [0.717, 1.165) is 18.8 Å².